The van der Waals surface area contributed by atoms with Crippen LogP contribution in [0.3, 0.4) is 0 Å². The molecule has 1 aromatic heterocycles. The zero-order valence-corrected chi connectivity index (χ0v) is 10.8. The van der Waals surface area contributed by atoms with Crippen LogP contribution in [-0.2, 0) is 11.8 Å². The van der Waals surface area contributed by atoms with E-state index in [4.69, 9.17) is 4.74 Å². The quantitative estimate of drug-likeness (QED) is 0.844. The Hall–Kier alpha value is -2.08. The third kappa shape index (κ3) is 2.39. The van der Waals surface area contributed by atoms with Crippen molar-refractivity contribution in [2.45, 2.75) is 0 Å². The molecule has 1 aliphatic rings. The number of anilines is 1. The van der Waals surface area contributed by atoms with E-state index in [-0.39, 0.29) is 6.03 Å². The van der Waals surface area contributed by atoms with Crippen molar-refractivity contribution in [2.75, 3.05) is 31.6 Å². The van der Waals surface area contributed by atoms with Crippen LogP contribution in [0.4, 0.5) is 10.5 Å². The largest absolute Gasteiger partial charge is 0.378 e. The maximum atomic E-state index is 12.0. The summed E-state index contributed by atoms with van der Waals surface area (Å²) in [6.07, 6.45) is 1.76. The predicted molar refractivity (Wildman–Crippen MR) is 72.1 cm³/mol. The van der Waals surface area contributed by atoms with E-state index in [9.17, 15) is 4.79 Å². The van der Waals surface area contributed by atoms with Crippen molar-refractivity contribution in [1.29, 1.82) is 0 Å². The molecular weight excluding hydrogens is 244 g/mol. The Kier molecular flexibility index (Phi) is 3.08. The zero-order chi connectivity index (χ0) is 13.2. The molecule has 6 heteroatoms. The second kappa shape index (κ2) is 4.89. The molecular formula is C13H16N4O2. The van der Waals surface area contributed by atoms with Gasteiger partial charge in [0.1, 0.15) is 0 Å². The molecule has 2 heterocycles. The molecule has 1 N–H and O–H groups in total. The minimum atomic E-state index is -0.0846. The number of carbonyl (C=O) groups excluding carboxylic acids is 1. The summed E-state index contributed by atoms with van der Waals surface area (Å²) in [6, 6.07) is 5.64. The first-order valence-electron chi connectivity index (χ1n) is 6.29. The number of morpholine rings is 1. The third-order valence-electron chi connectivity index (χ3n) is 3.27. The number of nitrogens with one attached hydrogen (secondary N) is 1. The highest BCUT2D eigenvalue weighted by Crippen LogP contribution is 2.17. The van der Waals surface area contributed by atoms with Crippen LogP contribution >= 0.6 is 0 Å². The van der Waals surface area contributed by atoms with Gasteiger partial charge in [0.15, 0.2) is 0 Å². The molecule has 0 radical (unpaired) electrons. The minimum absolute atomic E-state index is 0.0846. The van der Waals surface area contributed by atoms with Gasteiger partial charge in [0.05, 0.1) is 30.6 Å². The maximum Gasteiger partial charge on any atom is 0.322 e. The van der Waals surface area contributed by atoms with Crippen LogP contribution in [0.5, 0.6) is 0 Å². The van der Waals surface area contributed by atoms with Crippen LogP contribution in [0.15, 0.2) is 24.5 Å². The van der Waals surface area contributed by atoms with Crippen molar-refractivity contribution >= 4 is 22.8 Å². The Balaban J connectivity index is 1.75. The molecule has 0 bridgehead atoms. The lowest BCUT2D eigenvalue weighted by Gasteiger charge is -2.26. The number of aromatic nitrogens is 2. The Morgan fingerprint density at radius 2 is 2.16 bits per heavy atom. The summed E-state index contributed by atoms with van der Waals surface area (Å²) in [5.74, 6) is 0. The second-order valence-corrected chi connectivity index (χ2v) is 4.59. The molecule has 100 valence electrons. The van der Waals surface area contributed by atoms with E-state index >= 15 is 0 Å². The number of benzene rings is 1. The highest BCUT2D eigenvalue weighted by Gasteiger charge is 2.16. The summed E-state index contributed by atoms with van der Waals surface area (Å²) >= 11 is 0. The van der Waals surface area contributed by atoms with Gasteiger partial charge >= 0.3 is 6.03 Å². The number of nitrogens with zero attached hydrogens (tertiary/aromatic N) is 3. The average Bonchev–Trinajstić information content (AvgIpc) is 2.81. The van der Waals surface area contributed by atoms with Crippen LogP contribution in [0.1, 0.15) is 0 Å². The molecule has 2 aromatic rings. The monoisotopic (exact) mass is 260 g/mol. The standard InChI is InChI=1S/C13H16N4O2/c1-16-9-14-11-8-10(2-3-12(11)16)15-13(18)17-4-6-19-7-5-17/h2-3,8-9H,4-7H2,1H3,(H,15,18). The molecule has 0 saturated carbocycles. The molecule has 1 fully saturated rings. The Bertz CT molecular complexity index is 602. The van der Waals surface area contributed by atoms with Crippen molar-refractivity contribution in [3.63, 3.8) is 0 Å². The van der Waals surface area contributed by atoms with E-state index in [2.05, 4.69) is 10.3 Å². The Morgan fingerprint density at radius 3 is 2.95 bits per heavy atom. The summed E-state index contributed by atoms with van der Waals surface area (Å²) in [7, 11) is 1.95. The second-order valence-electron chi connectivity index (χ2n) is 4.59. The molecule has 6 nitrogen and oxygen atoms in total. The Morgan fingerprint density at radius 1 is 1.37 bits per heavy atom. The number of rotatable bonds is 1. The van der Waals surface area contributed by atoms with Crippen LogP contribution in [-0.4, -0.2) is 46.8 Å². The van der Waals surface area contributed by atoms with E-state index < -0.39 is 0 Å². The summed E-state index contributed by atoms with van der Waals surface area (Å²) < 4.78 is 7.17. The molecule has 2 amide bonds. The summed E-state index contributed by atoms with van der Waals surface area (Å²) in [5.41, 5.74) is 2.69. The number of fused-ring (bicyclic) bond motifs is 1. The van der Waals surface area contributed by atoms with Crippen LogP contribution < -0.4 is 5.32 Å². The van der Waals surface area contributed by atoms with Crippen LogP contribution in [0, 0.1) is 0 Å². The summed E-state index contributed by atoms with van der Waals surface area (Å²) in [5, 5.41) is 2.90. The molecule has 1 aliphatic heterocycles. The number of imidazole rings is 1. The van der Waals surface area contributed by atoms with Gasteiger partial charge in [-0.15, -0.1) is 0 Å². The number of ether oxygens (including phenoxy) is 1. The van der Waals surface area contributed by atoms with Gasteiger partial charge in [0.25, 0.3) is 0 Å². The average molecular weight is 260 g/mol. The van der Waals surface area contributed by atoms with Crippen molar-refractivity contribution in [3.05, 3.63) is 24.5 Å². The molecule has 1 saturated heterocycles. The molecule has 1 aromatic carbocycles. The predicted octanol–water partition coefficient (Wildman–Crippen LogP) is 1.44. The van der Waals surface area contributed by atoms with E-state index in [0.717, 1.165) is 16.7 Å². The molecule has 0 spiro atoms. The normalized spacial score (nSPS) is 15.7. The minimum Gasteiger partial charge on any atom is -0.378 e. The lowest BCUT2D eigenvalue weighted by Crippen LogP contribution is -2.43. The van der Waals surface area contributed by atoms with Gasteiger partial charge < -0.3 is 19.5 Å². The highest BCUT2D eigenvalue weighted by molar-refractivity contribution is 5.92. The van der Waals surface area contributed by atoms with Crippen LogP contribution in [0.2, 0.25) is 0 Å². The lowest BCUT2D eigenvalue weighted by atomic mass is 10.2. The highest BCUT2D eigenvalue weighted by atomic mass is 16.5. The molecule has 0 unspecified atom stereocenters. The third-order valence-corrected chi connectivity index (χ3v) is 3.27. The topological polar surface area (TPSA) is 59.4 Å². The maximum absolute atomic E-state index is 12.0. The summed E-state index contributed by atoms with van der Waals surface area (Å²) in [4.78, 5) is 18.1. The first-order chi connectivity index (χ1) is 9.24. The van der Waals surface area contributed by atoms with Crippen molar-refractivity contribution in [1.82, 2.24) is 14.5 Å². The fourth-order valence-electron chi connectivity index (χ4n) is 2.18. The zero-order valence-electron chi connectivity index (χ0n) is 10.8. The van der Waals surface area contributed by atoms with E-state index in [1.165, 1.54) is 0 Å². The fraction of sp³-hybridized carbons (Fsp3) is 0.385. The van der Waals surface area contributed by atoms with Gasteiger partial charge in [-0.3, -0.25) is 0 Å². The SMILES string of the molecule is Cn1cnc2cc(NC(=O)N3CCOCC3)ccc21. The van der Waals surface area contributed by atoms with Gasteiger partial charge in [-0.1, -0.05) is 0 Å². The molecule has 19 heavy (non-hydrogen) atoms. The van der Waals surface area contributed by atoms with Gasteiger partial charge in [0.2, 0.25) is 0 Å². The Labute approximate surface area is 111 Å². The summed E-state index contributed by atoms with van der Waals surface area (Å²) in [6.45, 7) is 2.48. The molecule has 0 aliphatic carbocycles. The van der Waals surface area contributed by atoms with Crippen molar-refractivity contribution in [2.24, 2.45) is 7.05 Å². The van der Waals surface area contributed by atoms with E-state index in [0.29, 0.717) is 26.3 Å². The number of hydrogen-bond donors (Lipinski definition) is 1. The molecule has 0 atom stereocenters. The van der Waals surface area contributed by atoms with Gasteiger partial charge in [-0.05, 0) is 18.2 Å². The fourth-order valence-corrected chi connectivity index (χ4v) is 2.18. The van der Waals surface area contributed by atoms with Crippen LogP contribution in [0.25, 0.3) is 11.0 Å². The van der Waals surface area contributed by atoms with Crippen molar-refractivity contribution < 1.29 is 9.53 Å². The number of hydrogen-bond acceptors (Lipinski definition) is 3. The number of aryl methyl sites for hydroxylation is 1. The lowest BCUT2D eigenvalue weighted by molar-refractivity contribution is 0.0564. The first kappa shape index (κ1) is 12.0. The van der Waals surface area contributed by atoms with Gasteiger partial charge in [0, 0.05) is 25.8 Å². The first-order valence-corrected chi connectivity index (χ1v) is 6.29. The van der Waals surface area contributed by atoms with Crippen molar-refractivity contribution in [3.8, 4) is 0 Å². The number of carbonyl (C=O) groups is 1. The molecule has 3 rings (SSSR count). The number of urea groups is 1. The van der Waals surface area contributed by atoms with E-state index in [1.807, 2.05) is 29.8 Å². The smallest absolute Gasteiger partial charge is 0.322 e. The van der Waals surface area contributed by atoms with E-state index in [1.54, 1.807) is 11.2 Å². The van der Waals surface area contributed by atoms with Gasteiger partial charge in [-0.25, -0.2) is 9.78 Å². The number of amides is 2. The van der Waals surface area contributed by atoms with Gasteiger partial charge in [-0.2, -0.15) is 0 Å².